The first-order valence-corrected chi connectivity index (χ1v) is 6.80. The van der Waals surface area contributed by atoms with E-state index >= 15 is 0 Å². The van der Waals surface area contributed by atoms with E-state index in [1.165, 1.54) is 25.2 Å². The van der Waals surface area contributed by atoms with Crippen molar-refractivity contribution in [3.05, 3.63) is 30.0 Å². The average molecular weight is 326 g/mol. The van der Waals surface area contributed by atoms with Gasteiger partial charge in [0.05, 0.1) is 12.2 Å². The second-order valence-corrected chi connectivity index (χ2v) is 4.92. The highest BCUT2D eigenvalue weighted by Crippen LogP contribution is 2.24. The summed E-state index contributed by atoms with van der Waals surface area (Å²) in [5, 5.41) is 0.525. The zero-order chi connectivity index (χ0) is 17.0. The lowest BCUT2D eigenvalue weighted by Crippen LogP contribution is -2.29. The van der Waals surface area contributed by atoms with Crippen LogP contribution in [-0.4, -0.2) is 55.5 Å². The Labute approximate surface area is 131 Å². The van der Waals surface area contributed by atoms with Gasteiger partial charge >= 0.3 is 6.61 Å². The van der Waals surface area contributed by atoms with Crippen molar-refractivity contribution in [3.63, 3.8) is 0 Å². The van der Waals surface area contributed by atoms with Crippen molar-refractivity contribution in [2.24, 2.45) is 0 Å². The number of nitrogens with zero attached hydrogens (tertiary/aromatic N) is 1. The predicted molar refractivity (Wildman–Crippen MR) is 78.8 cm³/mol. The number of alkyl halides is 2. The summed E-state index contributed by atoms with van der Waals surface area (Å²) in [5.41, 5.74) is 0.893. The zero-order valence-electron chi connectivity index (χ0n) is 12.6. The number of carbonyl (C=O) groups excluding carboxylic acids is 2. The third-order valence-corrected chi connectivity index (χ3v) is 3.09. The zero-order valence-corrected chi connectivity index (χ0v) is 12.6. The molecule has 2 rings (SSSR count). The normalized spacial score (nSPS) is 11.0. The smallest absolute Gasteiger partial charge is 0.345 e. The Morgan fingerprint density at radius 2 is 2.00 bits per heavy atom. The first-order valence-electron chi connectivity index (χ1n) is 6.80. The van der Waals surface area contributed by atoms with Gasteiger partial charge < -0.3 is 19.4 Å². The first kappa shape index (κ1) is 16.9. The molecule has 0 radical (unpaired) electrons. The van der Waals surface area contributed by atoms with E-state index in [4.69, 9.17) is 4.74 Å². The number of nitrogens with one attached hydrogen (secondary N) is 1. The van der Waals surface area contributed by atoms with Gasteiger partial charge in [0.25, 0.3) is 11.7 Å². The van der Waals surface area contributed by atoms with Gasteiger partial charge in [0.15, 0.2) is 0 Å². The molecule has 0 aliphatic heterocycles. The largest absolute Gasteiger partial charge is 0.491 e. The number of benzene rings is 1. The minimum atomic E-state index is -2.84. The van der Waals surface area contributed by atoms with Gasteiger partial charge in [-0.25, -0.2) is 0 Å². The van der Waals surface area contributed by atoms with Crippen LogP contribution in [0.3, 0.4) is 0 Å². The van der Waals surface area contributed by atoms with Gasteiger partial charge in [0.2, 0.25) is 0 Å². The molecule has 0 saturated heterocycles. The molecule has 1 aromatic carbocycles. The van der Waals surface area contributed by atoms with E-state index in [9.17, 15) is 18.4 Å². The number of carbonyl (C=O) groups is 2. The summed E-state index contributed by atoms with van der Waals surface area (Å²) in [6, 6.07) is 4.88. The van der Waals surface area contributed by atoms with Crippen LogP contribution >= 0.6 is 0 Å². The predicted octanol–water partition coefficient (Wildman–Crippen LogP) is 2.06. The number of ether oxygens (including phenoxy) is 2. The van der Waals surface area contributed by atoms with E-state index < -0.39 is 18.3 Å². The number of amides is 1. The van der Waals surface area contributed by atoms with Crippen molar-refractivity contribution in [2.75, 3.05) is 27.3 Å². The molecule has 0 atom stereocenters. The van der Waals surface area contributed by atoms with E-state index in [-0.39, 0.29) is 18.8 Å². The number of Topliss-reactive ketones (excluding diaryl/α,β-unsaturated/α-hetero) is 1. The molecule has 0 aliphatic rings. The molecule has 1 amide bonds. The van der Waals surface area contributed by atoms with Crippen LogP contribution in [0.25, 0.3) is 10.9 Å². The lowest BCUT2D eigenvalue weighted by molar-refractivity contribution is -0.133. The van der Waals surface area contributed by atoms with Gasteiger partial charge in [0.1, 0.15) is 12.4 Å². The Morgan fingerprint density at radius 1 is 1.26 bits per heavy atom. The van der Waals surface area contributed by atoms with Crippen molar-refractivity contribution < 1.29 is 27.8 Å². The number of rotatable bonds is 7. The van der Waals surface area contributed by atoms with Crippen molar-refractivity contribution >= 4 is 22.6 Å². The quantitative estimate of drug-likeness (QED) is 0.480. The second kappa shape index (κ2) is 7.19. The maximum Gasteiger partial charge on any atom is 0.345 e. The van der Waals surface area contributed by atoms with Gasteiger partial charge in [-0.1, -0.05) is 0 Å². The third-order valence-electron chi connectivity index (χ3n) is 3.09. The van der Waals surface area contributed by atoms with Gasteiger partial charge in [-0.15, -0.1) is 0 Å². The fourth-order valence-corrected chi connectivity index (χ4v) is 1.99. The van der Waals surface area contributed by atoms with Crippen molar-refractivity contribution in [1.29, 1.82) is 0 Å². The van der Waals surface area contributed by atoms with Crippen molar-refractivity contribution in [1.82, 2.24) is 9.88 Å². The van der Waals surface area contributed by atoms with E-state index in [1.807, 2.05) is 0 Å². The Morgan fingerprint density at radius 3 is 2.65 bits per heavy atom. The molecule has 1 aromatic heterocycles. The third kappa shape index (κ3) is 4.04. The number of aromatic nitrogens is 1. The highest BCUT2D eigenvalue weighted by Gasteiger charge is 2.21. The van der Waals surface area contributed by atoms with Crippen LogP contribution in [-0.2, 0) is 9.53 Å². The summed E-state index contributed by atoms with van der Waals surface area (Å²) < 4.78 is 33.1. The van der Waals surface area contributed by atoms with Crippen LogP contribution in [0.15, 0.2) is 24.4 Å². The number of ketones is 1. The first-order chi connectivity index (χ1) is 10.9. The average Bonchev–Trinajstić information content (AvgIpc) is 2.93. The SMILES string of the molecule is CN(C)C(=O)C(=O)c1c[nH]c2ccc(OCCOC(F)F)cc12. The highest BCUT2D eigenvalue weighted by atomic mass is 19.3. The molecule has 124 valence electrons. The molecule has 2 aromatic rings. The monoisotopic (exact) mass is 326 g/mol. The van der Waals surface area contributed by atoms with Crippen LogP contribution in [0.5, 0.6) is 5.75 Å². The van der Waals surface area contributed by atoms with Crippen LogP contribution in [0, 0.1) is 0 Å². The van der Waals surface area contributed by atoms with Gasteiger partial charge in [-0.05, 0) is 18.2 Å². The molecule has 1 N–H and O–H groups in total. The summed E-state index contributed by atoms with van der Waals surface area (Å²) in [4.78, 5) is 28.0. The van der Waals surface area contributed by atoms with Gasteiger partial charge in [-0.2, -0.15) is 8.78 Å². The van der Waals surface area contributed by atoms with Crippen LogP contribution < -0.4 is 4.74 Å². The Bertz CT molecular complexity index is 713. The number of halogens is 2. The molecule has 0 bridgehead atoms. The van der Waals surface area contributed by atoms with Crippen LogP contribution in [0.1, 0.15) is 10.4 Å². The molecule has 0 fully saturated rings. The Hall–Kier alpha value is -2.48. The topological polar surface area (TPSA) is 71.6 Å². The molecule has 6 nitrogen and oxygen atoms in total. The van der Waals surface area contributed by atoms with Gasteiger partial charge in [-0.3, -0.25) is 9.59 Å². The van der Waals surface area contributed by atoms with E-state index in [0.717, 1.165) is 0 Å². The lowest BCUT2D eigenvalue weighted by atomic mass is 10.1. The summed E-state index contributed by atoms with van der Waals surface area (Å²) in [6.07, 6.45) is 1.46. The fraction of sp³-hybridized carbons (Fsp3) is 0.333. The molecule has 23 heavy (non-hydrogen) atoms. The molecule has 0 aliphatic carbocycles. The molecule has 0 unspecified atom stereocenters. The second-order valence-electron chi connectivity index (χ2n) is 4.92. The maximum absolute atomic E-state index is 12.2. The van der Waals surface area contributed by atoms with Crippen LogP contribution in [0.2, 0.25) is 0 Å². The number of aromatic amines is 1. The Kier molecular flexibility index (Phi) is 5.28. The standard InChI is InChI=1S/C15H16F2N2O4/c1-19(2)14(21)13(20)11-8-18-12-4-3-9(7-10(11)12)22-5-6-23-15(16)17/h3-4,7-8,15,18H,5-6H2,1-2H3. The van der Waals surface area contributed by atoms with Crippen molar-refractivity contribution in [3.8, 4) is 5.75 Å². The minimum absolute atomic E-state index is 0.0554. The van der Waals surface area contributed by atoms with E-state index in [0.29, 0.717) is 16.7 Å². The number of H-pyrrole nitrogens is 1. The minimum Gasteiger partial charge on any atom is -0.491 e. The van der Waals surface area contributed by atoms with Gasteiger partial charge in [0, 0.05) is 31.2 Å². The maximum atomic E-state index is 12.2. The number of fused-ring (bicyclic) bond motifs is 1. The molecule has 0 spiro atoms. The summed E-state index contributed by atoms with van der Waals surface area (Å²) in [5.74, 6) is -0.886. The number of likely N-dealkylation sites (N-methyl/N-ethyl adjacent to an activating group) is 1. The molecule has 8 heteroatoms. The molecule has 0 saturated carbocycles. The highest BCUT2D eigenvalue weighted by molar-refractivity contribution is 6.44. The molecular weight excluding hydrogens is 310 g/mol. The Balaban J connectivity index is 2.16. The fourth-order valence-electron chi connectivity index (χ4n) is 1.99. The summed E-state index contributed by atoms with van der Waals surface area (Å²) in [7, 11) is 2.99. The summed E-state index contributed by atoms with van der Waals surface area (Å²) in [6.45, 7) is -3.15. The molecular formula is C15H16F2N2O4. The number of hydrogen-bond acceptors (Lipinski definition) is 4. The number of hydrogen-bond donors (Lipinski definition) is 1. The van der Waals surface area contributed by atoms with Crippen molar-refractivity contribution in [2.45, 2.75) is 6.61 Å². The van der Waals surface area contributed by atoms with E-state index in [1.54, 1.807) is 18.2 Å². The summed E-state index contributed by atoms with van der Waals surface area (Å²) >= 11 is 0. The van der Waals surface area contributed by atoms with E-state index in [2.05, 4.69) is 9.72 Å². The van der Waals surface area contributed by atoms with Crippen LogP contribution in [0.4, 0.5) is 8.78 Å². The molecule has 1 heterocycles. The lowest BCUT2D eigenvalue weighted by Gasteiger charge is -2.09.